The maximum absolute atomic E-state index is 11.4. The van der Waals surface area contributed by atoms with E-state index in [-0.39, 0.29) is 11.2 Å². The summed E-state index contributed by atoms with van der Waals surface area (Å²) in [6, 6.07) is 1.65. The van der Waals surface area contributed by atoms with Crippen molar-refractivity contribution in [3.05, 3.63) is 22.1 Å². The molecule has 0 aromatic carbocycles. The molecule has 0 spiro atoms. The Morgan fingerprint density at radius 1 is 1.62 bits per heavy atom. The molecule has 0 saturated heterocycles. The molecule has 2 N–H and O–H groups in total. The van der Waals surface area contributed by atoms with Gasteiger partial charge in [-0.15, -0.1) is 0 Å². The number of rotatable bonds is 2. The van der Waals surface area contributed by atoms with Gasteiger partial charge in [0.25, 0.3) is 5.56 Å². The number of nitrogens with two attached hydrogens (primary N) is 1. The van der Waals surface area contributed by atoms with Crippen LogP contribution in [0.15, 0.2) is 10.9 Å². The van der Waals surface area contributed by atoms with Crippen molar-refractivity contribution in [3.8, 4) is 0 Å². The van der Waals surface area contributed by atoms with Crippen LogP contribution >= 0.6 is 0 Å². The molecule has 1 heterocycles. The first kappa shape index (κ1) is 9.77. The van der Waals surface area contributed by atoms with Crippen molar-refractivity contribution in [3.63, 3.8) is 0 Å². The fraction of sp³-hybridized carbons (Fsp3) is 0.556. The molecule has 13 heavy (non-hydrogen) atoms. The van der Waals surface area contributed by atoms with E-state index in [1.807, 2.05) is 20.8 Å². The zero-order chi connectivity index (χ0) is 10.0. The first-order valence-electron chi connectivity index (χ1n) is 4.43. The van der Waals surface area contributed by atoms with Crippen LogP contribution in [0.1, 0.15) is 32.4 Å². The minimum absolute atomic E-state index is 0.202. The Kier molecular flexibility index (Phi) is 2.70. The molecule has 0 atom stereocenters. The van der Waals surface area contributed by atoms with Crippen LogP contribution in [0.4, 0.5) is 5.69 Å². The highest BCUT2D eigenvalue weighted by atomic mass is 16.1. The van der Waals surface area contributed by atoms with E-state index >= 15 is 0 Å². The van der Waals surface area contributed by atoms with E-state index < -0.39 is 0 Å². The molecular formula is C9H15N3O. The van der Waals surface area contributed by atoms with E-state index in [2.05, 4.69) is 5.10 Å². The second-order valence-electron chi connectivity index (χ2n) is 3.30. The predicted octanol–water partition coefficient (Wildman–Crippen LogP) is 0.969. The Morgan fingerprint density at radius 2 is 2.23 bits per heavy atom. The second kappa shape index (κ2) is 3.60. The minimum Gasteiger partial charge on any atom is -0.394 e. The van der Waals surface area contributed by atoms with Crippen LogP contribution in [0, 0.1) is 0 Å². The fourth-order valence-electron chi connectivity index (χ4n) is 1.08. The van der Waals surface area contributed by atoms with E-state index in [9.17, 15) is 4.79 Å². The van der Waals surface area contributed by atoms with Gasteiger partial charge in [-0.05, 0) is 18.9 Å². The summed E-state index contributed by atoms with van der Waals surface area (Å²) in [6.07, 6.45) is 0. The highest BCUT2D eigenvalue weighted by Crippen LogP contribution is 2.10. The SMILES string of the molecule is CCn1nc(C(C)C)cc(N)c1=O. The zero-order valence-electron chi connectivity index (χ0n) is 8.24. The molecule has 0 aliphatic heterocycles. The van der Waals surface area contributed by atoms with Gasteiger partial charge in [-0.3, -0.25) is 4.79 Å². The Balaban J connectivity index is 3.30. The van der Waals surface area contributed by atoms with Crippen LogP contribution in [0.5, 0.6) is 0 Å². The van der Waals surface area contributed by atoms with Crippen molar-refractivity contribution >= 4 is 5.69 Å². The average molecular weight is 181 g/mol. The smallest absolute Gasteiger partial charge is 0.289 e. The maximum atomic E-state index is 11.4. The first-order chi connectivity index (χ1) is 6.06. The van der Waals surface area contributed by atoms with Gasteiger partial charge in [-0.25, -0.2) is 4.68 Å². The quantitative estimate of drug-likeness (QED) is 0.739. The van der Waals surface area contributed by atoms with E-state index in [1.54, 1.807) is 6.07 Å². The molecule has 0 unspecified atom stereocenters. The third-order valence-electron chi connectivity index (χ3n) is 1.91. The molecule has 72 valence electrons. The van der Waals surface area contributed by atoms with Crippen molar-refractivity contribution < 1.29 is 0 Å². The van der Waals surface area contributed by atoms with E-state index in [1.165, 1.54) is 4.68 Å². The molecule has 0 radical (unpaired) electrons. The number of aryl methyl sites for hydroxylation is 1. The molecule has 1 rings (SSSR count). The lowest BCUT2D eigenvalue weighted by Crippen LogP contribution is -2.26. The van der Waals surface area contributed by atoms with Gasteiger partial charge in [-0.1, -0.05) is 13.8 Å². The van der Waals surface area contributed by atoms with Gasteiger partial charge in [-0.2, -0.15) is 5.10 Å². The number of nitrogen functional groups attached to an aromatic ring is 1. The molecule has 0 aliphatic carbocycles. The summed E-state index contributed by atoms with van der Waals surface area (Å²) in [5, 5.41) is 4.18. The maximum Gasteiger partial charge on any atom is 0.289 e. The van der Waals surface area contributed by atoms with Gasteiger partial charge in [0.1, 0.15) is 5.69 Å². The van der Waals surface area contributed by atoms with Crippen molar-refractivity contribution in [2.75, 3.05) is 5.73 Å². The summed E-state index contributed by atoms with van der Waals surface area (Å²) in [6.45, 7) is 6.47. The number of anilines is 1. The van der Waals surface area contributed by atoms with Crippen molar-refractivity contribution in [2.45, 2.75) is 33.2 Å². The normalized spacial score (nSPS) is 10.8. The van der Waals surface area contributed by atoms with Crippen molar-refractivity contribution in [2.24, 2.45) is 0 Å². The number of nitrogens with zero attached hydrogens (tertiary/aromatic N) is 2. The number of aromatic nitrogens is 2. The fourth-order valence-corrected chi connectivity index (χ4v) is 1.08. The Morgan fingerprint density at radius 3 is 2.69 bits per heavy atom. The topological polar surface area (TPSA) is 60.9 Å². The van der Waals surface area contributed by atoms with Crippen molar-refractivity contribution in [1.82, 2.24) is 9.78 Å². The molecule has 0 saturated carbocycles. The van der Waals surface area contributed by atoms with Crippen LogP contribution in [0.3, 0.4) is 0 Å². The van der Waals surface area contributed by atoms with Gasteiger partial charge < -0.3 is 5.73 Å². The summed E-state index contributed by atoms with van der Waals surface area (Å²) >= 11 is 0. The van der Waals surface area contributed by atoms with Crippen LogP contribution in [0.2, 0.25) is 0 Å². The number of hydrogen-bond acceptors (Lipinski definition) is 3. The van der Waals surface area contributed by atoms with Gasteiger partial charge in [0, 0.05) is 6.54 Å². The third kappa shape index (κ3) is 1.88. The monoisotopic (exact) mass is 181 g/mol. The largest absolute Gasteiger partial charge is 0.394 e. The summed E-state index contributed by atoms with van der Waals surface area (Å²) in [4.78, 5) is 11.4. The molecule has 4 nitrogen and oxygen atoms in total. The third-order valence-corrected chi connectivity index (χ3v) is 1.91. The zero-order valence-corrected chi connectivity index (χ0v) is 8.24. The van der Waals surface area contributed by atoms with E-state index in [0.29, 0.717) is 12.5 Å². The summed E-state index contributed by atoms with van der Waals surface area (Å²) < 4.78 is 1.39. The molecule has 0 aliphatic rings. The molecule has 1 aromatic heterocycles. The van der Waals surface area contributed by atoms with Crippen LogP contribution in [-0.4, -0.2) is 9.78 Å². The molecule has 4 heteroatoms. The van der Waals surface area contributed by atoms with Gasteiger partial charge in [0.2, 0.25) is 0 Å². The molecular weight excluding hydrogens is 166 g/mol. The minimum atomic E-state index is -0.202. The Labute approximate surface area is 77.4 Å². The second-order valence-corrected chi connectivity index (χ2v) is 3.30. The lowest BCUT2D eigenvalue weighted by Gasteiger charge is -2.08. The van der Waals surface area contributed by atoms with Crippen LogP contribution in [0.25, 0.3) is 0 Å². The predicted molar refractivity (Wildman–Crippen MR) is 52.7 cm³/mol. The van der Waals surface area contributed by atoms with Crippen LogP contribution < -0.4 is 11.3 Å². The molecule has 1 aromatic rings. The lowest BCUT2D eigenvalue weighted by molar-refractivity contribution is 0.588. The van der Waals surface area contributed by atoms with E-state index in [0.717, 1.165) is 5.69 Å². The highest BCUT2D eigenvalue weighted by Gasteiger charge is 2.06. The van der Waals surface area contributed by atoms with Gasteiger partial charge in [0.05, 0.1) is 5.69 Å². The molecule has 0 fully saturated rings. The summed E-state index contributed by atoms with van der Waals surface area (Å²) in [5.41, 5.74) is 6.50. The summed E-state index contributed by atoms with van der Waals surface area (Å²) in [7, 11) is 0. The first-order valence-corrected chi connectivity index (χ1v) is 4.43. The summed E-state index contributed by atoms with van der Waals surface area (Å²) in [5.74, 6) is 0.292. The van der Waals surface area contributed by atoms with Gasteiger partial charge >= 0.3 is 0 Å². The lowest BCUT2D eigenvalue weighted by atomic mass is 10.1. The van der Waals surface area contributed by atoms with Crippen LogP contribution in [-0.2, 0) is 6.54 Å². The standard InChI is InChI=1S/C9H15N3O/c1-4-12-9(13)7(10)5-8(11-12)6(2)3/h5-6H,4,10H2,1-3H3. The average Bonchev–Trinajstić information content (AvgIpc) is 2.09. The Bertz CT molecular complexity index is 354. The Hall–Kier alpha value is -1.32. The van der Waals surface area contributed by atoms with E-state index in [4.69, 9.17) is 5.73 Å². The highest BCUT2D eigenvalue weighted by molar-refractivity contribution is 5.36. The molecule has 0 amide bonds. The van der Waals surface area contributed by atoms with Crippen molar-refractivity contribution in [1.29, 1.82) is 0 Å². The number of hydrogen-bond donors (Lipinski definition) is 1. The molecule has 0 bridgehead atoms. The van der Waals surface area contributed by atoms with Gasteiger partial charge in [0.15, 0.2) is 0 Å².